The lowest BCUT2D eigenvalue weighted by Gasteiger charge is -2.39. The van der Waals surface area contributed by atoms with Gasteiger partial charge in [-0.3, -0.25) is 9.69 Å². The molecule has 1 amide bonds. The third-order valence-corrected chi connectivity index (χ3v) is 4.53. The zero-order valence-corrected chi connectivity index (χ0v) is 14.1. The SMILES string of the molecule is CC(C)NC(C)(CC(C)N1CCCC1C(C)C)C(N)=O. The predicted molar refractivity (Wildman–Crippen MR) is 84.5 cm³/mol. The standard InChI is InChI=1S/C16H33N3O/c1-11(2)14-8-7-9-19(14)13(5)10-16(6,15(17)20)18-12(3)4/h11-14,18H,7-10H2,1-6H3,(H2,17,20). The summed E-state index contributed by atoms with van der Waals surface area (Å²) in [5.74, 6) is 0.413. The molecule has 0 aromatic heterocycles. The first kappa shape index (κ1) is 17.4. The van der Waals surface area contributed by atoms with Crippen LogP contribution in [0.1, 0.15) is 60.8 Å². The van der Waals surface area contributed by atoms with E-state index in [2.05, 4.69) is 44.8 Å². The van der Waals surface area contributed by atoms with Gasteiger partial charge in [0.05, 0.1) is 5.54 Å². The molecule has 3 unspecified atom stereocenters. The number of rotatable bonds is 7. The van der Waals surface area contributed by atoms with Crippen LogP contribution in [0.15, 0.2) is 0 Å². The summed E-state index contributed by atoms with van der Waals surface area (Å²) in [6, 6.07) is 1.26. The Kier molecular flexibility index (Phi) is 6.02. The second-order valence-electron chi connectivity index (χ2n) is 7.24. The molecule has 0 aliphatic carbocycles. The van der Waals surface area contributed by atoms with Crippen LogP contribution in [0.2, 0.25) is 0 Å². The van der Waals surface area contributed by atoms with Gasteiger partial charge in [-0.15, -0.1) is 0 Å². The van der Waals surface area contributed by atoms with Gasteiger partial charge in [-0.1, -0.05) is 13.8 Å². The molecule has 3 atom stereocenters. The van der Waals surface area contributed by atoms with Gasteiger partial charge in [0.15, 0.2) is 0 Å². The second kappa shape index (κ2) is 6.90. The van der Waals surface area contributed by atoms with Gasteiger partial charge in [-0.25, -0.2) is 0 Å². The van der Waals surface area contributed by atoms with Crippen molar-refractivity contribution in [3.05, 3.63) is 0 Å². The number of hydrogen-bond acceptors (Lipinski definition) is 3. The van der Waals surface area contributed by atoms with E-state index in [4.69, 9.17) is 5.73 Å². The summed E-state index contributed by atoms with van der Waals surface area (Å²) < 4.78 is 0. The number of primary amides is 1. The average molecular weight is 283 g/mol. The van der Waals surface area contributed by atoms with E-state index in [0.29, 0.717) is 18.0 Å². The first-order chi connectivity index (χ1) is 9.17. The van der Waals surface area contributed by atoms with Crippen molar-refractivity contribution in [2.75, 3.05) is 6.54 Å². The van der Waals surface area contributed by atoms with Crippen LogP contribution in [-0.2, 0) is 4.79 Å². The summed E-state index contributed by atoms with van der Waals surface area (Å²) in [5.41, 5.74) is 5.01. The van der Waals surface area contributed by atoms with Crippen LogP contribution in [0.3, 0.4) is 0 Å². The Balaban J connectivity index is 2.75. The van der Waals surface area contributed by atoms with Gasteiger partial charge in [0.1, 0.15) is 0 Å². The summed E-state index contributed by atoms with van der Waals surface area (Å²) in [6.07, 6.45) is 3.30. The molecule has 20 heavy (non-hydrogen) atoms. The number of amides is 1. The van der Waals surface area contributed by atoms with E-state index in [-0.39, 0.29) is 11.9 Å². The van der Waals surface area contributed by atoms with Crippen molar-refractivity contribution in [1.82, 2.24) is 10.2 Å². The van der Waals surface area contributed by atoms with E-state index in [1.54, 1.807) is 0 Å². The monoisotopic (exact) mass is 283 g/mol. The third-order valence-electron chi connectivity index (χ3n) is 4.53. The second-order valence-corrected chi connectivity index (χ2v) is 7.24. The summed E-state index contributed by atoms with van der Waals surface area (Å²) in [4.78, 5) is 14.4. The fourth-order valence-electron chi connectivity index (χ4n) is 3.65. The van der Waals surface area contributed by atoms with Gasteiger partial charge in [-0.2, -0.15) is 0 Å². The maximum atomic E-state index is 11.9. The number of nitrogens with one attached hydrogen (secondary N) is 1. The molecule has 0 bridgehead atoms. The summed E-state index contributed by atoms with van der Waals surface area (Å²) >= 11 is 0. The summed E-state index contributed by atoms with van der Waals surface area (Å²) in [5, 5.41) is 3.35. The minimum absolute atomic E-state index is 0.249. The third kappa shape index (κ3) is 4.19. The molecular formula is C16H33N3O. The molecule has 0 spiro atoms. The van der Waals surface area contributed by atoms with Gasteiger partial charge < -0.3 is 11.1 Å². The zero-order valence-electron chi connectivity index (χ0n) is 14.1. The van der Waals surface area contributed by atoms with Crippen molar-refractivity contribution < 1.29 is 4.79 Å². The lowest BCUT2D eigenvalue weighted by Crippen LogP contribution is -2.58. The highest BCUT2D eigenvalue weighted by Crippen LogP contribution is 2.29. The normalized spacial score (nSPS) is 25.1. The first-order valence-corrected chi connectivity index (χ1v) is 8.00. The quantitative estimate of drug-likeness (QED) is 0.752. The molecule has 1 heterocycles. The molecule has 118 valence electrons. The summed E-state index contributed by atoms with van der Waals surface area (Å²) in [7, 11) is 0. The minimum Gasteiger partial charge on any atom is -0.368 e. The van der Waals surface area contributed by atoms with Crippen LogP contribution in [0.5, 0.6) is 0 Å². The van der Waals surface area contributed by atoms with Crippen molar-refractivity contribution in [2.45, 2.75) is 84.5 Å². The molecule has 0 radical (unpaired) electrons. The van der Waals surface area contributed by atoms with Crippen LogP contribution >= 0.6 is 0 Å². The van der Waals surface area contributed by atoms with Crippen molar-refractivity contribution in [1.29, 1.82) is 0 Å². The Hall–Kier alpha value is -0.610. The van der Waals surface area contributed by atoms with Gasteiger partial charge in [0.2, 0.25) is 5.91 Å². The van der Waals surface area contributed by atoms with Crippen LogP contribution in [0, 0.1) is 5.92 Å². The highest BCUT2D eigenvalue weighted by Gasteiger charge is 2.38. The molecule has 0 aromatic carbocycles. The Bertz CT molecular complexity index is 330. The Labute approximate surface area is 124 Å². The fraction of sp³-hybridized carbons (Fsp3) is 0.938. The molecule has 1 rings (SSSR count). The first-order valence-electron chi connectivity index (χ1n) is 8.00. The van der Waals surface area contributed by atoms with Crippen LogP contribution in [-0.4, -0.2) is 41.0 Å². The molecule has 0 saturated carbocycles. The molecule has 1 fully saturated rings. The van der Waals surface area contributed by atoms with Crippen molar-refractivity contribution in [3.8, 4) is 0 Å². The summed E-state index contributed by atoms with van der Waals surface area (Å²) in [6.45, 7) is 14.0. The fourth-order valence-corrected chi connectivity index (χ4v) is 3.65. The number of nitrogens with zero attached hydrogens (tertiary/aromatic N) is 1. The molecule has 4 heteroatoms. The molecule has 1 aliphatic rings. The smallest absolute Gasteiger partial charge is 0.237 e. The average Bonchev–Trinajstić information content (AvgIpc) is 2.76. The minimum atomic E-state index is -0.627. The van der Waals surface area contributed by atoms with E-state index >= 15 is 0 Å². The van der Waals surface area contributed by atoms with Crippen molar-refractivity contribution >= 4 is 5.91 Å². The van der Waals surface area contributed by atoms with Gasteiger partial charge in [0.25, 0.3) is 0 Å². The largest absolute Gasteiger partial charge is 0.368 e. The number of hydrogen-bond donors (Lipinski definition) is 2. The van der Waals surface area contributed by atoms with Gasteiger partial charge >= 0.3 is 0 Å². The van der Waals surface area contributed by atoms with Gasteiger partial charge in [0, 0.05) is 18.1 Å². The molecular weight excluding hydrogens is 250 g/mol. The lowest BCUT2D eigenvalue weighted by atomic mass is 9.90. The molecule has 4 nitrogen and oxygen atoms in total. The van der Waals surface area contributed by atoms with E-state index in [0.717, 1.165) is 13.0 Å². The maximum Gasteiger partial charge on any atom is 0.237 e. The Morgan fingerprint density at radius 2 is 1.95 bits per heavy atom. The number of likely N-dealkylation sites (tertiary alicyclic amines) is 1. The van der Waals surface area contributed by atoms with E-state index < -0.39 is 5.54 Å². The van der Waals surface area contributed by atoms with Crippen LogP contribution in [0.4, 0.5) is 0 Å². The number of carbonyl (C=O) groups is 1. The topological polar surface area (TPSA) is 58.4 Å². The molecule has 3 N–H and O–H groups in total. The highest BCUT2D eigenvalue weighted by atomic mass is 16.1. The highest BCUT2D eigenvalue weighted by molar-refractivity contribution is 5.84. The maximum absolute atomic E-state index is 11.9. The van der Waals surface area contributed by atoms with Crippen molar-refractivity contribution in [2.24, 2.45) is 11.7 Å². The van der Waals surface area contributed by atoms with Crippen LogP contribution < -0.4 is 11.1 Å². The van der Waals surface area contributed by atoms with E-state index in [1.807, 2.05) is 6.92 Å². The zero-order chi connectivity index (χ0) is 15.5. The predicted octanol–water partition coefficient (Wildman–Crippen LogP) is 2.13. The molecule has 1 aliphatic heterocycles. The molecule has 0 aromatic rings. The number of nitrogens with two attached hydrogens (primary N) is 1. The number of carbonyl (C=O) groups excluding carboxylic acids is 1. The Morgan fingerprint density at radius 1 is 1.35 bits per heavy atom. The van der Waals surface area contributed by atoms with Crippen molar-refractivity contribution in [3.63, 3.8) is 0 Å². The van der Waals surface area contributed by atoms with Gasteiger partial charge in [-0.05, 0) is 59.4 Å². The Morgan fingerprint density at radius 3 is 2.40 bits per heavy atom. The molecule has 1 saturated heterocycles. The lowest BCUT2D eigenvalue weighted by molar-refractivity contribution is -0.125. The van der Waals surface area contributed by atoms with E-state index in [9.17, 15) is 4.79 Å². The van der Waals surface area contributed by atoms with Crippen LogP contribution in [0.25, 0.3) is 0 Å². The van der Waals surface area contributed by atoms with E-state index in [1.165, 1.54) is 12.8 Å².